The second-order valence-corrected chi connectivity index (χ2v) is 4.78. The summed E-state index contributed by atoms with van der Waals surface area (Å²) in [4.78, 5) is 2.40. The second kappa shape index (κ2) is 9.61. The summed E-state index contributed by atoms with van der Waals surface area (Å²) in [5, 5.41) is 3.40. The summed E-state index contributed by atoms with van der Waals surface area (Å²) in [5.74, 6) is 1.61. The molecular formula is C16H28N2O2. The fraction of sp³-hybridized carbons (Fsp3) is 0.625. The molecule has 0 bridgehead atoms. The Hall–Kier alpha value is -1.26. The smallest absolute Gasteiger partial charge is 0.161 e. The molecule has 0 heterocycles. The molecule has 1 aromatic rings. The lowest BCUT2D eigenvalue weighted by molar-refractivity contribution is 0.277. The quantitative estimate of drug-likeness (QED) is 0.667. The number of nitrogens with zero attached hydrogens (tertiary/aromatic N) is 1. The van der Waals surface area contributed by atoms with Gasteiger partial charge in [0.2, 0.25) is 0 Å². The van der Waals surface area contributed by atoms with Gasteiger partial charge in [0.25, 0.3) is 0 Å². The molecular weight excluding hydrogens is 252 g/mol. The van der Waals surface area contributed by atoms with E-state index in [0.717, 1.165) is 44.2 Å². The average Bonchev–Trinajstić information content (AvgIpc) is 2.47. The van der Waals surface area contributed by atoms with Crippen molar-refractivity contribution in [3.63, 3.8) is 0 Å². The molecule has 114 valence electrons. The summed E-state index contributed by atoms with van der Waals surface area (Å²) >= 11 is 0. The third-order valence-electron chi connectivity index (χ3n) is 3.35. The highest BCUT2D eigenvalue weighted by Gasteiger charge is 2.04. The molecule has 0 saturated carbocycles. The molecule has 0 atom stereocenters. The molecule has 0 radical (unpaired) electrons. The Balaban J connectivity index is 2.21. The number of ether oxygens (including phenoxy) is 2. The zero-order valence-corrected chi connectivity index (χ0v) is 13.2. The summed E-state index contributed by atoms with van der Waals surface area (Å²) < 4.78 is 11.1. The molecule has 0 saturated heterocycles. The molecule has 0 aromatic heterocycles. The van der Waals surface area contributed by atoms with Gasteiger partial charge >= 0.3 is 0 Å². The molecule has 4 nitrogen and oxygen atoms in total. The first kappa shape index (κ1) is 16.8. The minimum Gasteiger partial charge on any atom is -0.493 e. The Labute approximate surface area is 123 Å². The van der Waals surface area contributed by atoms with Crippen LogP contribution in [0.15, 0.2) is 18.2 Å². The number of likely N-dealkylation sites (N-methyl/N-ethyl adjacent to an activating group) is 1. The Morgan fingerprint density at radius 2 is 1.85 bits per heavy atom. The van der Waals surface area contributed by atoms with Crippen LogP contribution in [-0.2, 0) is 0 Å². The summed E-state index contributed by atoms with van der Waals surface area (Å²) in [6.07, 6.45) is 0. The van der Waals surface area contributed by atoms with Crippen molar-refractivity contribution in [3.8, 4) is 11.5 Å². The topological polar surface area (TPSA) is 33.7 Å². The van der Waals surface area contributed by atoms with Crippen molar-refractivity contribution in [1.29, 1.82) is 0 Å². The van der Waals surface area contributed by atoms with Crippen LogP contribution in [-0.4, -0.2) is 51.3 Å². The number of methoxy groups -OCH3 is 1. The maximum Gasteiger partial charge on any atom is 0.161 e. The Morgan fingerprint density at radius 1 is 1.10 bits per heavy atom. The molecule has 1 rings (SSSR count). The van der Waals surface area contributed by atoms with E-state index in [4.69, 9.17) is 9.47 Å². The second-order valence-electron chi connectivity index (χ2n) is 4.78. The van der Waals surface area contributed by atoms with Gasteiger partial charge in [0.15, 0.2) is 11.5 Å². The first-order chi connectivity index (χ1) is 9.71. The van der Waals surface area contributed by atoms with E-state index in [-0.39, 0.29) is 0 Å². The number of rotatable bonds is 10. The molecule has 0 spiro atoms. The van der Waals surface area contributed by atoms with Gasteiger partial charge in [-0.2, -0.15) is 0 Å². The van der Waals surface area contributed by atoms with Crippen molar-refractivity contribution in [2.24, 2.45) is 0 Å². The van der Waals surface area contributed by atoms with E-state index in [9.17, 15) is 0 Å². The van der Waals surface area contributed by atoms with Crippen molar-refractivity contribution >= 4 is 0 Å². The summed E-state index contributed by atoms with van der Waals surface area (Å²) in [5.41, 5.74) is 1.17. The SMILES string of the molecule is CCN(CC)CCNCCOc1ccc(C)cc1OC. The molecule has 20 heavy (non-hydrogen) atoms. The van der Waals surface area contributed by atoms with Gasteiger partial charge in [0.05, 0.1) is 7.11 Å². The largest absolute Gasteiger partial charge is 0.493 e. The molecule has 0 aliphatic heterocycles. The van der Waals surface area contributed by atoms with Gasteiger partial charge in [-0.3, -0.25) is 0 Å². The van der Waals surface area contributed by atoms with Gasteiger partial charge in [-0.1, -0.05) is 19.9 Å². The lowest BCUT2D eigenvalue weighted by Crippen LogP contribution is -2.33. The van der Waals surface area contributed by atoms with Crippen LogP contribution in [0.2, 0.25) is 0 Å². The monoisotopic (exact) mass is 280 g/mol. The van der Waals surface area contributed by atoms with Crippen LogP contribution in [0, 0.1) is 6.92 Å². The number of aryl methyl sites for hydroxylation is 1. The zero-order chi connectivity index (χ0) is 14.8. The number of hydrogen-bond acceptors (Lipinski definition) is 4. The minimum absolute atomic E-state index is 0.650. The predicted molar refractivity (Wildman–Crippen MR) is 83.9 cm³/mol. The first-order valence-electron chi connectivity index (χ1n) is 7.41. The van der Waals surface area contributed by atoms with Crippen LogP contribution in [0.3, 0.4) is 0 Å². The van der Waals surface area contributed by atoms with Gasteiger partial charge in [0.1, 0.15) is 6.61 Å². The van der Waals surface area contributed by atoms with E-state index in [0.29, 0.717) is 6.61 Å². The van der Waals surface area contributed by atoms with E-state index in [1.807, 2.05) is 25.1 Å². The lowest BCUT2D eigenvalue weighted by Gasteiger charge is -2.18. The molecule has 4 heteroatoms. The van der Waals surface area contributed by atoms with Gasteiger partial charge in [-0.05, 0) is 37.7 Å². The van der Waals surface area contributed by atoms with Crippen LogP contribution in [0.4, 0.5) is 0 Å². The van der Waals surface area contributed by atoms with Crippen LogP contribution in [0.1, 0.15) is 19.4 Å². The summed E-state index contributed by atoms with van der Waals surface area (Å²) in [6, 6.07) is 5.98. The third kappa shape index (κ3) is 5.80. The minimum atomic E-state index is 0.650. The van der Waals surface area contributed by atoms with Gasteiger partial charge in [-0.25, -0.2) is 0 Å². The van der Waals surface area contributed by atoms with Crippen LogP contribution in [0.25, 0.3) is 0 Å². The molecule has 0 aliphatic carbocycles. The maximum absolute atomic E-state index is 5.74. The first-order valence-corrected chi connectivity index (χ1v) is 7.41. The highest BCUT2D eigenvalue weighted by atomic mass is 16.5. The highest BCUT2D eigenvalue weighted by molar-refractivity contribution is 5.42. The predicted octanol–water partition coefficient (Wildman–Crippen LogP) is 2.31. The van der Waals surface area contributed by atoms with Gasteiger partial charge in [0, 0.05) is 19.6 Å². The summed E-state index contributed by atoms with van der Waals surface area (Å²) in [6.45, 7) is 12.2. The van der Waals surface area contributed by atoms with Crippen molar-refractivity contribution in [3.05, 3.63) is 23.8 Å². The fourth-order valence-electron chi connectivity index (χ4n) is 2.03. The molecule has 1 N–H and O–H groups in total. The molecule has 0 unspecified atom stereocenters. The molecule has 1 aromatic carbocycles. The van der Waals surface area contributed by atoms with Gasteiger partial charge in [-0.15, -0.1) is 0 Å². The molecule has 0 fully saturated rings. The zero-order valence-electron chi connectivity index (χ0n) is 13.2. The van der Waals surface area contributed by atoms with Crippen LogP contribution in [0.5, 0.6) is 11.5 Å². The van der Waals surface area contributed by atoms with E-state index >= 15 is 0 Å². The average molecular weight is 280 g/mol. The Bertz CT molecular complexity index is 379. The van der Waals surface area contributed by atoms with E-state index in [1.54, 1.807) is 7.11 Å². The van der Waals surface area contributed by atoms with E-state index in [1.165, 1.54) is 5.56 Å². The molecule has 0 amide bonds. The van der Waals surface area contributed by atoms with E-state index in [2.05, 4.69) is 24.1 Å². The van der Waals surface area contributed by atoms with Crippen molar-refractivity contribution in [1.82, 2.24) is 10.2 Å². The number of nitrogens with one attached hydrogen (secondary N) is 1. The molecule has 0 aliphatic rings. The number of benzene rings is 1. The third-order valence-corrected chi connectivity index (χ3v) is 3.35. The lowest BCUT2D eigenvalue weighted by atomic mass is 10.2. The normalized spacial score (nSPS) is 10.8. The van der Waals surface area contributed by atoms with Crippen LogP contribution >= 0.6 is 0 Å². The van der Waals surface area contributed by atoms with Crippen molar-refractivity contribution < 1.29 is 9.47 Å². The summed E-state index contributed by atoms with van der Waals surface area (Å²) in [7, 11) is 1.67. The highest BCUT2D eigenvalue weighted by Crippen LogP contribution is 2.27. The Morgan fingerprint density at radius 3 is 2.50 bits per heavy atom. The van der Waals surface area contributed by atoms with Crippen molar-refractivity contribution in [2.75, 3.05) is 46.4 Å². The van der Waals surface area contributed by atoms with E-state index < -0.39 is 0 Å². The van der Waals surface area contributed by atoms with Crippen molar-refractivity contribution in [2.45, 2.75) is 20.8 Å². The maximum atomic E-state index is 5.74. The van der Waals surface area contributed by atoms with Gasteiger partial charge < -0.3 is 19.7 Å². The van der Waals surface area contributed by atoms with Crippen LogP contribution < -0.4 is 14.8 Å². The Kier molecular flexibility index (Phi) is 8.07. The number of hydrogen-bond donors (Lipinski definition) is 1. The fourth-order valence-corrected chi connectivity index (χ4v) is 2.03. The standard InChI is InChI=1S/C16H28N2O2/c1-5-18(6-2)11-9-17-10-12-20-15-8-7-14(3)13-16(15)19-4/h7-8,13,17H,5-6,9-12H2,1-4H3.